The van der Waals surface area contributed by atoms with Gasteiger partial charge in [0.15, 0.2) is 11.5 Å². The van der Waals surface area contributed by atoms with Crippen molar-refractivity contribution in [1.82, 2.24) is 0 Å². The molecule has 0 saturated heterocycles. The second-order valence-electron chi connectivity index (χ2n) is 2.90. The Labute approximate surface area is 87.7 Å². The molecule has 1 aliphatic rings. The Bertz CT molecular complexity index is 415. The number of benzene rings is 1. The highest BCUT2D eigenvalue weighted by molar-refractivity contribution is 5.63. The molecule has 0 unspecified atom stereocenters. The van der Waals surface area contributed by atoms with Crippen molar-refractivity contribution in [1.29, 1.82) is 0 Å². The molecule has 1 aromatic rings. The van der Waals surface area contributed by atoms with E-state index in [1.54, 1.807) is 12.1 Å². The van der Waals surface area contributed by atoms with Crippen LogP contribution in [0.5, 0.6) is 17.2 Å². The SMILES string of the molecule is C#CC(OC)(OC)Oc1cccc2c1O2. The molecule has 2 rings (SSSR count). The molecule has 0 fully saturated rings. The smallest absolute Gasteiger partial charge is 0.397 e. The van der Waals surface area contributed by atoms with Gasteiger partial charge in [0.25, 0.3) is 0 Å². The van der Waals surface area contributed by atoms with Gasteiger partial charge in [-0.25, -0.2) is 0 Å². The first kappa shape index (κ1) is 9.84. The lowest BCUT2D eigenvalue weighted by Crippen LogP contribution is -2.38. The average Bonchev–Trinajstić information content (AvgIpc) is 3.06. The van der Waals surface area contributed by atoms with E-state index in [1.807, 2.05) is 6.07 Å². The van der Waals surface area contributed by atoms with Crippen LogP contribution in [0.25, 0.3) is 0 Å². The van der Waals surface area contributed by atoms with Crippen molar-refractivity contribution in [2.24, 2.45) is 0 Å². The normalized spacial score (nSPS) is 12.3. The molecule has 1 aliphatic heterocycles. The lowest BCUT2D eigenvalue weighted by Gasteiger charge is -2.24. The molecule has 0 radical (unpaired) electrons. The van der Waals surface area contributed by atoms with E-state index in [0.717, 1.165) is 5.75 Å². The minimum atomic E-state index is -1.50. The third-order valence-corrected chi connectivity index (χ3v) is 2.07. The van der Waals surface area contributed by atoms with Gasteiger partial charge in [-0.15, -0.1) is 6.42 Å². The second kappa shape index (κ2) is 3.46. The highest BCUT2D eigenvalue weighted by atomic mass is 16.9. The van der Waals surface area contributed by atoms with Crippen molar-refractivity contribution in [2.45, 2.75) is 5.97 Å². The summed E-state index contributed by atoms with van der Waals surface area (Å²) in [5, 5.41) is 0. The number of ether oxygens (including phenoxy) is 4. The Morgan fingerprint density at radius 1 is 1.33 bits per heavy atom. The zero-order valence-corrected chi connectivity index (χ0v) is 8.44. The molecule has 4 nitrogen and oxygen atoms in total. The third-order valence-electron chi connectivity index (χ3n) is 2.07. The molecule has 1 heterocycles. The summed E-state index contributed by atoms with van der Waals surface area (Å²) in [6.45, 7) is 0. The second-order valence-corrected chi connectivity index (χ2v) is 2.90. The largest absolute Gasteiger partial charge is 0.445 e. The molecule has 4 heteroatoms. The Kier molecular flexibility index (Phi) is 2.27. The summed E-state index contributed by atoms with van der Waals surface area (Å²) in [4.78, 5) is 0. The minimum Gasteiger partial charge on any atom is -0.445 e. The lowest BCUT2D eigenvalue weighted by atomic mass is 10.3. The first-order chi connectivity index (χ1) is 7.24. The van der Waals surface area contributed by atoms with Gasteiger partial charge in [0.05, 0.1) is 0 Å². The van der Waals surface area contributed by atoms with Crippen LogP contribution in [0, 0.1) is 12.3 Å². The van der Waals surface area contributed by atoms with E-state index in [1.165, 1.54) is 14.2 Å². The van der Waals surface area contributed by atoms with Crippen LogP contribution in [0.1, 0.15) is 0 Å². The minimum absolute atomic E-state index is 0.508. The Hall–Kier alpha value is -1.70. The van der Waals surface area contributed by atoms with E-state index in [2.05, 4.69) is 5.92 Å². The molecule has 0 bridgehead atoms. The van der Waals surface area contributed by atoms with Gasteiger partial charge in [-0.1, -0.05) is 6.07 Å². The lowest BCUT2D eigenvalue weighted by molar-refractivity contribution is -0.279. The zero-order chi connectivity index (χ0) is 10.9. The van der Waals surface area contributed by atoms with Crippen LogP contribution < -0.4 is 9.47 Å². The van der Waals surface area contributed by atoms with Gasteiger partial charge < -0.3 is 18.9 Å². The maximum Gasteiger partial charge on any atom is 0.397 e. The van der Waals surface area contributed by atoms with Crippen LogP contribution in [0.2, 0.25) is 0 Å². The van der Waals surface area contributed by atoms with Gasteiger partial charge >= 0.3 is 5.97 Å². The predicted molar refractivity (Wildman–Crippen MR) is 52.7 cm³/mol. The molecule has 78 valence electrons. The summed E-state index contributed by atoms with van der Waals surface area (Å²) < 4.78 is 20.5. The first-order valence-corrected chi connectivity index (χ1v) is 4.32. The Balaban J connectivity index is 2.22. The van der Waals surface area contributed by atoms with Crippen molar-refractivity contribution >= 4 is 0 Å². The van der Waals surface area contributed by atoms with Crippen molar-refractivity contribution in [2.75, 3.05) is 14.2 Å². The number of para-hydroxylation sites is 1. The Morgan fingerprint density at radius 3 is 2.67 bits per heavy atom. The summed E-state index contributed by atoms with van der Waals surface area (Å²) in [7, 11) is 2.82. The van der Waals surface area contributed by atoms with Crippen molar-refractivity contribution in [3.05, 3.63) is 18.2 Å². The highest BCUT2D eigenvalue weighted by Gasteiger charge is 2.35. The predicted octanol–water partition coefficient (Wildman–Crippen LogP) is 1.75. The number of methoxy groups -OCH3 is 2. The topological polar surface area (TPSA) is 40.2 Å². The first-order valence-electron chi connectivity index (χ1n) is 4.32. The summed E-state index contributed by atoms with van der Waals surface area (Å²) in [5.41, 5.74) is 0. The molecule has 15 heavy (non-hydrogen) atoms. The maximum atomic E-state index is 5.43. The molecule has 0 amide bonds. The zero-order valence-electron chi connectivity index (χ0n) is 8.44. The third kappa shape index (κ3) is 1.63. The fourth-order valence-electron chi connectivity index (χ4n) is 1.20. The summed E-state index contributed by atoms with van der Waals surface area (Å²) in [6.07, 6.45) is 5.28. The standard InChI is InChI=1S/C11H10O4/c1-4-11(12-2,13-3)15-9-7-5-6-8-10(9)14-8/h1,5-7H,2-3H3. The number of fused-ring (bicyclic) bond motifs is 1. The van der Waals surface area contributed by atoms with Gasteiger partial charge in [-0.05, 0) is 12.1 Å². The molecule has 0 spiro atoms. The fourth-order valence-corrected chi connectivity index (χ4v) is 1.20. The quantitative estimate of drug-likeness (QED) is 0.434. The average molecular weight is 206 g/mol. The molecule has 0 saturated carbocycles. The molecular weight excluding hydrogens is 196 g/mol. The van der Waals surface area contributed by atoms with Gasteiger partial charge in [0.2, 0.25) is 5.75 Å². The van der Waals surface area contributed by atoms with Gasteiger partial charge in [0.1, 0.15) is 0 Å². The van der Waals surface area contributed by atoms with Crippen LogP contribution in [0.15, 0.2) is 18.2 Å². The van der Waals surface area contributed by atoms with E-state index < -0.39 is 5.97 Å². The number of rotatable bonds is 4. The number of hydrogen-bond donors (Lipinski definition) is 0. The highest BCUT2D eigenvalue weighted by Crippen LogP contribution is 2.52. The summed E-state index contributed by atoms with van der Waals surface area (Å²) >= 11 is 0. The molecule has 0 aromatic heterocycles. The van der Waals surface area contributed by atoms with Crippen LogP contribution in [-0.4, -0.2) is 20.2 Å². The number of hydrogen-bond acceptors (Lipinski definition) is 4. The van der Waals surface area contributed by atoms with Gasteiger partial charge in [-0.2, -0.15) is 0 Å². The summed E-state index contributed by atoms with van der Waals surface area (Å²) in [6, 6.07) is 5.36. The van der Waals surface area contributed by atoms with Crippen LogP contribution >= 0.6 is 0 Å². The fraction of sp³-hybridized carbons (Fsp3) is 0.273. The van der Waals surface area contributed by atoms with E-state index in [4.69, 9.17) is 25.4 Å². The van der Waals surface area contributed by atoms with Crippen molar-refractivity contribution < 1.29 is 18.9 Å². The molecule has 0 aliphatic carbocycles. The van der Waals surface area contributed by atoms with Crippen molar-refractivity contribution in [3.63, 3.8) is 0 Å². The van der Waals surface area contributed by atoms with Gasteiger partial charge in [0, 0.05) is 20.1 Å². The maximum absolute atomic E-state index is 5.43. The van der Waals surface area contributed by atoms with E-state index in [-0.39, 0.29) is 0 Å². The van der Waals surface area contributed by atoms with Crippen LogP contribution in [0.3, 0.4) is 0 Å². The molecule has 0 N–H and O–H groups in total. The van der Waals surface area contributed by atoms with E-state index in [9.17, 15) is 0 Å². The van der Waals surface area contributed by atoms with Crippen LogP contribution in [-0.2, 0) is 9.47 Å². The molecule has 1 aromatic carbocycles. The number of terminal acetylenes is 1. The van der Waals surface area contributed by atoms with Gasteiger partial charge in [-0.3, -0.25) is 0 Å². The monoisotopic (exact) mass is 206 g/mol. The Morgan fingerprint density at radius 2 is 2.07 bits per heavy atom. The van der Waals surface area contributed by atoms with E-state index >= 15 is 0 Å². The van der Waals surface area contributed by atoms with Crippen LogP contribution in [0.4, 0.5) is 0 Å². The summed E-state index contributed by atoms with van der Waals surface area (Å²) in [5.74, 6) is 2.76. The van der Waals surface area contributed by atoms with E-state index in [0.29, 0.717) is 11.5 Å². The van der Waals surface area contributed by atoms with Crippen molar-refractivity contribution in [3.8, 4) is 29.6 Å². The molecule has 0 atom stereocenters. The molecular formula is C11H10O4.